The molecule has 0 aliphatic heterocycles. The smallest absolute Gasteiger partial charge is 0.277 e. The molecule has 0 saturated carbocycles. The number of hydrogen-bond acceptors (Lipinski definition) is 6. The second kappa shape index (κ2) is 11.9. The van der Waals surface area contributed by atoms with Gasteiger partial charge in [0.2, 0.25) is 6.41 Å². The number of halogens is 2. The average Bonchev–Trinajstić information content (AvgIpc) is 3.37. The van der Waals surface area contributed by atoms with Crippen LogP contribution in [-0.4, -0.2) is 39.1 Å². The number of nitrogens with two attached hydrogens (primary N) is 2. The Bertz CT molecular complexity index is 1260. The minimum Gasteiger partial charge on any atom is -1.00 e. The highest BCUT2D eigenvalue weighted by molar-refractivity contribution is 5.85. The minimum absolute atomic E-state index is 0. The second-order valence-electron chi connectivity index (χ2n) is 7.42. The number of fused-ring (bicyclic) bond motifs is 2. The van der Waals surface area contributed by atoms with Gasteiger partial charge < -0.3 is 33.6 Å². The molecule has 0 radical (unpaired) electrons. The van der Waals surface area contributed by atoms with Crippen molar-refractivity contribution in [2.75, 3.05) is 23.8 Å². The topological polar surface area (TPSA) is 132 Å². The summed E-state index contributed by atoms with van der Waals surface area (Å²) in [5, 5.41) is 0. The van der Waals surface area contributed by atoms with Crippen molar-refractivity contribution in [1.29, 1.82) is 0 Å². The number of anilines is 2. The van der Waals surface area contributed by atoms with Crippen molar-refractivity contribution in [3.05, 3.63) is 36.3 Å². The number of benzene rings is 1. The molecule has 4 aromatic rings. The lowest BCUT2D eigenvalue weighted by molar-refractivity contribution is -0.676. The van der Waals surface area contributed by atoms with Crippen molar-refractivity contribution < 1.29 is 26.5 Å². The van der Waals surface area contributed by atoms with E-state index in [0.29, 0.717) is 36.7 Å². The standard InChI is InChI=1S/C22H29N8O2.2ClH/c1-3-29-17-7-6-15(32-11-5-9-23)12-18(17)30(4-2)19(29)13-28(14-31)22-20(24)27-21-16(26-22)8-10-25-21;;/h6-8,10,12,14H,3-5,9,11,13,23H2,1-2H3,(H3,24,25,27);2*1H/q+1;;/p-1. The Morgan fingerprint density at radius 3 is 2.74 bits per heavy atom. The van der Waals surface area contributed by atoms with Crippen LogP contribution in [0.4, 0.5) is 11.6 Å². The molecule has 0 fully saturated rings. The van der Waals surface area contributed by atoms with Crippen molar-refractivity contribution in [2.24, 2.45) is 5.73 Å². The summed E-state index contributed by atoms with van der Waals surface area (Å²) in [4.78, 5) is 25.5. The lowest BCUT2D eigenvalue weighted by Gasteiger charge is -2.16. The number of carbonyl (C=O) groups excluding carboxylic acids is 1. The van der Waals surface area contributed by atoms with Crippen LogP contribution in [0.25, 0.3) is 22.2 Å². The zero-order valence-corrected chi connectivity index (χ0v) is 20.8. The van der Waals surface area contributed by atoms with E-state index in [0.717, 1.165) is 48.5 Å². The van der Waals surface area contributed by atoms with Gasteiger partial charge in [0.25, 0.3) is 5.82 Å². The van der Waals surface area contributed by atoms with Gasteiger partial charge in [-0.2, -0.15) is 0 Å². The van der Waals surface area contributed by atoms with Crippen LogP contribution in [0.3, 0.4) is 0 Å². The maximum atomic E-state index is 12.1. The molecule has 4 rings (SSSR count). The van der Waals surface area contributed by atoms with E-state index in [1.807, 2.05) is 12.1 Å². The Balaban J connectivity index is 0.00000204. The lowest BCUT2D eigenvalue weighted by Crippen LogP contribution is -3.00. The molecule has 0 atom stereocenters. The molecule has 1 amide bonds. The summed E-state index contributed by atoms with van der Waals surface area (Å²) in [6.45, 7) is 7.12. The van der Waals surface area contributed by atoms with Gasteiger partial charge in [-0.3, -0.25) is 9.69 Å². The maximum absolute atomic E-state index is 12.1. The quantitative estimate of drug-likeness (QED) is 0.145. The molecule has 0 saturated heterocycles. The summed E-state index contributed by atoms with van der Waals surface area (Å²) in [5.41, 5.74) is 15.1. The van der Waals surface area contributed by atoms with Crippen LogP contribution in [0.5, 0.6) is 5.75 Å². The summed E-state index contributed by atoms with van der Waals surface area (Å²) in [5.74, 6) is 2.30. The monoisotopic (exact) mass is 508 g/mol. The van der Waals surface area contributed by atoms with Gasteiger partial charge in [-0.1, -0.05) is 0 Å². The third-order valence-electron chi connectivity index (χ3n) is 5.50. The van der Waals surface area contributed by atoms with E-state index in [9.17, 15) is 4.79 Å². The summed E-state index contributed by atoms with van der Waals surface area (Å²) in [6.07, 6.45) is 3.29. The van der Waals surface area contributed by atoms with Crippen LogP contribution < -0.4 is 38.1 Å². The fourth-order valence-corrected chi connectivity index (χ4v) is 4.01. The van der Waals surface area contributed by atoms with Crippen LogP contribution in [0.1, 0.15) is 26.1 Å². The molecule has 1 aromatic carbocycles. The third kappa shape index (κ3) is 5.03. The maximum Gasteiger partial charge on any atom is 0.277 e. The number of aromatic amines is 1. The number of H-pyrrole nitrogens is 1. The molecule has 0 aliphatic rings. The molecule has 0 spiro atoms. The van der Waals surface area contributed by atoms with Crippen LogP contribution in [0, 0.1) is 0 Å². The number of hydrogen-bond donors (Lipinski definition) is 3. The Hall–Kier alpha value is -3.08. The molecule has 0 aliphatic carbocycles. The molecule has 10 nitrogen and oxygen atoms in total. The average molecular weight is 509 g/mol. The highest BCUT2D eigenvalue weighted by Crippen LogP contribution is 2.25. The van der Waals surface area contributed by atoms with Crippen LogP contribution in [0.15, 0.2) is 30.5 Å². The largest absolute Gasteiger partial charge is 1.00 e. The van der Waals surface area contributed by atoms with Gasteiger partial charge in [-0.05, 0) is 45.0 Å². The number of amides is 1. The number of aryl methyl sites for hydroxylation is 2. The number of rotatable bonds is 10. The first-order valence-corrected chi connectivity index (χ1v) is 10.8. The molecule has 5 N–H and O–H groups in total. The van der Waals surface area contributed by atoms with E-state index in [4.69, 9.17) is 16.2 Å². The Labute approximate surface area is 210 Å². The summed E-state index contributed by atoms with van der Waals surface area (Å²) >= 11 is 0. The van der Waals surface area contributed by atoms with Crippen LogP contribution in [0.2, 0.25) is 0 Å². The molecule has 0 unspecified atom stereocenters. The number of nitrogens with zero attached hydrogens (tertiary/aromatic N) is 5. The van der Waals surface area contributed by atoms with E-state index in [-0.39, 0.29) is 30.6 Å². The van der Waals surface area contributed by atoms with E-state index in [1.165, 1.54) is 4.90 Å². The highest BCUT2D eigenvalue weighted by atomic mass is 35.5. The van der Waals surface area contributed by atoms with E-state index in [1.54, 1.807) is 12.3 Å². The molecule has 12 heteroatoms. The molecular formula is C22H30Cl2N8O2. The van der Waals surface area contributed by atoms with Crippen molar-refractivity contribution in [3.63, 3.8) is 0 Å². The van der Waals surface area contributed by atoms with Gasteiger partial charge in [0.15, 0.2) is 28.3 Å². The first-order chi connectivity index (χ1) is 15.6. The number of aromatic nitrogens is 5. The fourth-order valence-electron chi connectivity index (χ4n) is 4.01. The zero-order valence-electron chi connectivity index (χ0n) is 19.2. The SMILES string of the molecule is CCn1c(CN(C=O)c2nc3cc[nH]c3nc2N)[n+](CC)c2ccc(OCCCN)cc21.Cl.[Cl-]. The highest BCUT2D eigenvalue weighted by Gasteiger charge is 2.27. The predicted octanol–water partition coefficient (Wildman–Crippen LogP) is -0.861. The number of imidazole rings is 1. The fraction of sp³-hybridized carbons (Fsp3) is 0.364. The number of carbonyl (C=O) groups is 1. The van der Waals surface area contributed by atoms with Crippen molar-refractivity contribution >= 4 is 52.7 Å². The molecule has 34 heavy (non-hydrogen) atoms. The summed E-state index contributed by atoms with van der Waals surface area (Å²) < 4.78 is 10.2. The number of ether oxygens (including phenoxy) is 1. The van der Waals surface area contributed by atoms with Gasteiger partial charge in [0.05, 0.1) is 19.7 Å². The van der Waals surface area contributed by atoms with Gasteiger partial charge in [-0.25, -0.2) is 19.1 Å². The zero-order chi connectivity index (χ0) is 22.7. The molecule has 3 aromatic heterocycles. The number of nitrogens with one attached hydrogen (secondary N) is 1. The van der Waals surface area contributed by atoms with Crippen molar-refractivity contribution in [1.82, 2.24) is 19.5 Å². The normalized spacial score (nSPS) is 10.7. The summed E-state index contributed by atoms with van der Waals surface area (Å²) in [6, 6.07) is 7.86. The van der Waals surface area contributed by atoms with E-state index < -0.39 is 0 Å². The van der Waals surface area contributed by atoms with Gasteiger partial charge in [0, 0.05) is 12.3 Å². The number of nitrogen functional groups attached to an aromatic ring is 1. The van der Waals surface area contributed by atoms with Crippen LogP contribution >= 0.6 is 12.4 Å². The molecule has 3 heterocycles. The predicted molar refractivity (Wildman–Crippen MR) is 130 cm³/mol. The molecule has 184 valence electrons. The Morgan fingerprint density at radius 1 is 1.26 bits per heavy atom. The lowest BCUT2D eigenvalue weighted by atomic mass is 10.3. The Morgan fingerprint density at radius 2 is 2.06 bits per heavy atom. The molecule has 0 bridgehead atoms. The van der Waals surface area contributed by atoms with Crippen molar-refractivity contribution in [3.8, 4) is 5.75 Å². The van der Waals surface area contributed by atoms with E-state index in [2.05, 4.69) is 44.0 Å². The van der Waals surface area contributed by atoms with Gasteiger partial charge in [0.1, 0.15) is 17.8 Å². The first kappa shape index (κ1) is 27.2. The minimum atomic E-state index is 0. The van der Waals surface area contributed by atoms with Crippen LogP contribution in [-0.2, 0) is 24.4 Å². The van der Waals surface area contributed by atoms with Gasteiger partial charge >= 0.3 is 0 Å². The Kier molecular flexibility index (Phi) is 9.48. The first-order valence-electron chi connectivity index (χ1n) is 10.8. The van der Waals surface area contributed by atoms with Crippen molar-refractivity contribution in [2.45, 2.75) is 39.9 Å². The third-order valence-corrected chi connectivity index (χ3v) is 5.50. The van der Waals surface area contributed by atoms with E-state index >= 15 is 0 Å². The summed E-state index contributed by atoms with van der Waals surface area (Å²) in [7, 11) is 0. The second-order valence-corrected chi connectivity index (χ2v) is 7.42. The molecular weight excluding hydrogens is 479 g/mol. The van der Waals surface area contributed by atoms with Gasteiger partial charge in [-0.15, -0.1) is 12.4 Å².